The van der Waals surface area contributed by atoms with Crippen molar-refractivity contribution in [2.45, 2.75) is 26.3 Å². The largest absolute Gasteiger partial charge is 0.480 e. The quantitative estimate of drug-likeness (QED) is 0.626. The molecule has 0 aromatic heterocycles. The first-order valence-electron chi connectivity index (χ1n) is 4.15. The number of rotatable bonds is 6. The molecular formula is C8H15NO4. The highest BCUT2D eigenvalue weighted by Crippen LogP contribution is 2.02. The van der Waals surface area contributed by atoms with Crippen LogP contribution in [0.15, 0.2) is 0 Å². The van der Waals surface area contributed by atoms with Crippen LogP contribution in [0.5, 0.6) is 0 Å². The Kier molecular flexibility index (Phi) is 5.06. The summed E-state index contributed by atoms with van der Waals surface area (Å²) < 4.78 is 0. The molecule has 76 valence electrons. The molecule has 1 unspecified atom stereocenters. The summed E-state index contributed by atoms with van der Waals surface area (Å²) in [4.78, 5) is 22.2. The third-order valence-corrected chi connectivity index (χ3v) is 1.89. The van der Waals surface area contributed by atoms with Gasteiger partial charge in [-0.1, -0.05) is 6.92 Å². The van der Waals surface area contributed by atoms with Crippen LogP contribution in [-0.4, -0.2) is 46.2 Å². The van der Waals surface area contributed by atoms with Crippen LogP contribution in [0.2, 0.25) is 0 Å². The van der Waals surface area contributed by atoms with E-state index in [2.05, 4.69) is 0 Å². The van der Waals surface area contributed by atoms with E-state index in [1.165, 1.54) is 4.90 Å². The fraction of sp³-hybridized carbons (Fsp3) is 0.750. The van der Waals surface area contributed by atoms with E-state index in [4.69, 9.17) is 10.2 Å². The lowest BCUT2D eigenvalue weighted by Gasteiger charge is -2.24. The average Bonchev–Trinajstić information content (AvgIpc) is 2.00. The monoisotopic (exact) mass is 189 g/mol. The minimum absolute atomic E-state index is 0.0211. The Balaban J connectivity index is 4.17. The first kappa shape index (κ1) is 11.9. The number of hydrogen-bond acceptors (Lipinski definition) is 3. The maximum Gasteiger partial charge on any atom is 0.317 e. The fourth-order valence-electron chi connectivity index (χ4n) is 0.973. The maximum absolute atomic E-state index is 10.4. The molecular weight excluding hydrogens is 174 g/mol. The van der Waals surface area contributed by atoms with Crippen molar-refractivity contribution in [3.63, 3.8) is 0 Å². The number of carbonyl (C=O) groups is 2. The Hall–Kier alpha value is -1.10. The lowest BCUT2D eigenvalue weighted by atomic mass is 10.2. The zero-order chi connectivity index (χ0) is 10.4. The van der Waals surface area contributed by atoms with Gasteiger partial charge in [-0.3, -0.25) is 14.5 Å². The van der Waals surface area contributed by atoms with Gasteiger partial charge in [0.25, 0.3) is 0 Å². The van der Waals surface area contributed by atoms with Crippen LogP contribution in [0.25, 0.3) is 0 Å². The van der Waals surface area contributed by atoms with E-state index in [-0.39, 0.29) is 19.1 Å². The van der Waals surface area contributed by atoms with Crippen LogP contribution in [0.4, 0.5) is 0 Å². The second kappa shape index (κ2) is 5.53. The summed E-state index contributed by atoms with van der Waals surface area (Å²) >= 11 is 0. The Labute approximate surface area is 77.0 Å². The molecule has 0 aromatic carbocycles. The minimum Gasteiger partial charge on any atom is -0.480 e. The average molecular weight is 189 g/mol. The van der Waals surface area contributed by atoms with Crippen molar-refractivity contribution in [1.82, 2.24) is 4.90 Å². The second-order valence-corrected chi connectivity index (χ2v) is 2.95. The van der Waals surface area contributed by atoms with E-state index in [0.29, 0.717) is 0 Å². The van der Waals surface area contributed by atoms with Gasteiger partial charge in [0.15, 0.2) is 0 Å². The van der Waals surface area contributed by atoms with Crippen molar-refractivity contribution in [3.05, 3.63) is 0 Å². The molecule has 5 nitrogen and oxygen atoms in total. The molecule has 0 bridgehead atoms. The van der Waals surface area contributed by atoms with Gasteiger partial charge in [-0.2, -0.15) is 0 Å². The predicted octanol–water partition coefficient (Wildman–Crippen LogP) is 0.256. The molecule has 0 amide bonds. The molecule has 0 heterocycles. The molecule has 0 radical (unpaired) electrons. The zero-order valence-corrected chi connectivity index (χ0v) is 7.86. The smallest absolute Gasteiger partial charge is 0.317 e. The number of carboxylic acids is 2. The summed E-state index contributed by atoms with van der Waals surface area (Å²) in [6.07, 6.45) is 0.737. The molecule has 0 aliphatic heterocycles. The SMILES string of the molecule is CCC(C)N(CC(=O)O)CC(=O)O. The van der Waals surface area contributed by atoms with E-state index in [9.17, 15) is 9.59 Å². The third kappa shape index (κ3) is 5.19. The van der Waals surface area contributed by atoms with Gasteiger partial charge in [0.1, 0.15) is 0 Å². The molecule has 0 aromatic rings. The van der Waals surface area contributed by atoms with Crippen molar-refractivity contribution < 1.29 is 19.8 Å². The molecule has 0 aliphatic rings. The van der Waals surface area contributed by atoms with Crippen LogP contribution in [-0.2, 0) is 9.59 Å². The Morgan fingerprint density at radius 3 is 1.85 bits per heavy atom. The highest BCUT2D eigenvalue weighted by Gasteiger charge is 2.17. The Morgan fingerprint density at radius 2 is 1.62 bits per heavy atom. The van der Waals surface area contributed by atoms with E-state index >= 15 is 0 Å². The van der Waals surface area contributed by atoms with Crippen molar-refractivity contribution in [3.8, 4) is 0 Å². The topological polar surface area (TPSA) is 77.8 Å². The van der Waals surface area contributed by atoms with Crippen molar-refractivity contribution in [2.24, 2.45) is 0 Å². The molecule has 0 spiro atoms. The Morgan fingerprint density at radius 1 is 1.23 bits per heavy atom. The Bertz CT molecular complexity index is 177. The highest BCUT2D eigenvalue weighted by molar-refractivity contribution is 5.72. The number of hydrogen-bond donors (Lipinski definition) is 2. The first-order valence-corrected chi connectivity index (χ1v) is 4.15. The van der Waals surface area contributed by atoms with Gasteiger partial charge in [0.05, 0.1) is 13.1 Å². The second-order valence-electron chi connectivity index (χ2n) is 2.95. The summed E-state index contributed by atoms with van der Waals surface area (Å²) in [5.74, 6) is -2.00. The molecule has 13 heavy (non-hydrogen) atoms. The number of carboxylic acid groups (broad SMARTS) is 2. The fourth-order valence-corrected chi connectivity index (χ4v) is 0.973. The summed E-state index contributed by atoms with van der Waals surface area (Å²) in [5, 5.41) is 17.0. The minimum atomic E-state index is -0.999. The summed E-state index contributed by atoms with van der Waals surface area (Å²) in [6.45, 7) is 3.26. The van der Waals surface area contributed by atoms with Crippen LogP contribution in [0.1, 0.15) is 20.3 Å². The van der Waals surface area contributed by atoms with Crippen molar-refractivity contribution in [1.29, 1.82) is 0 Å². The summed E-state index contributed by atoms with van der Waals surface area (Å²) in [6, 6.07) is -0.0211. The van der Waals surface area contributed by atoms with Gasteiger partial charge in [-0.05, 0) is 13.3 Å². The molecule has 1 atom stereocenters. The van der Waals surface area contributed by atoms with Gasteiger partial charge in [0, 0.05) is 6.04 Å². The van der Waals surface area contributed by atoms with E-state index in [0.717, 1.165) is 6.42 Å². The van der Waals surface area contributed by atoms with Crippen LogP contribution in [0.3, 0.4) is 0 Å². The van der Waals surface area contributed by atoms with Gasteiger partial charge >= 0.3 is 11.9 Å². The molecule has 2 N–H and O–H groups in total. The number of nitrogens with zero attached hydrogens (tertiary/aromatic N) is 1. The molecule has 5 heteroatoms. The van der Waals surface area contributed by atoms with Crippen LogP contribution >= 0.6 is 0 Å². The van der Waals surface area contributed by atoms with Crippen LogP contribution < -0.4 is 0 Å². The first-order chi connectivity index (χ1) is 5.97. The van der Waals surface area contributed by atoms with Crippen molar-refractivity contribution in [2.75, 3.05) is 13.1 Å². The third-order valence-electron chi connectivity index (χ3n) is 1.89. The van der Waals surface area contributed by atoms with Gasteiger partial charge in [-0.15, -0.1) is 0 Å². The normalized spacial score (nSPS) is 12.8. The lowest BCUT2D eigenvalue weighted by Crippen LogP contribution is -2.40. The molecule has 0 saturated heterocycles. The molecule has 0 aliphatic carbocycles. The zero-order valence-electron chi connectivity index (χ0n) is 7.86. The van der Waals surface area contributed by atoms with Gasteiger partial charge in [0.2, 0.25) is 0 Å². The van der Waals surface area contributed by atoms with Gasteiger partial charge in [-0.25, -0.2) is 0 Å². The molecule has 0 fully saturated rings. The standard InChI is InChI=1S/C8H15NO4/c1-3-6(2)9(4-7(10)11)5-8(12)13/h6H,3-5H2,1-2H3,(H,10,11)(H,12,13). The van der Waals surface area contributed by atoms with Crippen molar-refractivity contribution >= 4 is 11.9 Å². The van der Waals surface area contributed by atoms with E-state index in [1.54, 1.807) is 0 Å². The number of aliphatic carboxylic acids is 2. The lowest BCUT2D eigenvalue weighted by molar-refractivity contribution is -0.142. The highest BCUT2D eigenvalue weighted by atomic mass is 16.4. The van der Waals surface area contributed by atoms with E-state index in [1.807, 2.05) is 13.8 Å². The van der Waals surface area contributed by atoms with E-state index < -0.39 is 11.9 Å². The summed E-state index contributed by atoms with van der Waals surface area (Å²) in [5.41, 5.74) is 0. The molecule has 0 saturated carbocycles. The van der Waals surface area contributed by atoms with Crippen LogP contribution in [0, 0.1) is 0 Å². The molecule has 0 rings (SSSR count). The summed E-state index contributed by atoms with van der Waals surface area (Å²) in [7, 11) is 0. The predicted molar refractivity (Wildman–Crippen MR) is 46.6 cm³/mol. The maximum atomic E-state index is 10.4. The van der Waals surface area contributed by atoms with Gasteiger partial charge < -0.3 is 10.2 Å².